The summed E-state index contributed by atoms with van der Waals surface area (Å²) in [6.07, 6.45) is 2.94. The molecule has 8 nitrogen and oxygen atoms in total. The largest absolute Gasteiger partial charge is 0.493 e. The summed E-state index contributed by atoms with van der Waals surface area (Å²) in [6, 6.07) is 12.0. The third-order valence-electron chi connectivity index (χ3n) is 3.89. The van der Waals surface area contributed by atoms with Gasteiger partial charge in [-0.2, -0.15) is 0 Å². The van der Waals surface area contributed by atoms with E-state index >= 15 is 0 Å². The van der Waals surface area contributed by atoms with Gasteiger partial charge in [0.15, 0.2) is 16.6 Å². The number of aliphatic hydroxyl groups excluding tert-OH is 1. The number of nitrogens with one attached hydrogen (secondary N) is 3. The van der Waals surface area contributed by atoms with Gasteiger partial charge in [0.1, 0.15) is 0 Å². The second-order valence-electron chi connectivity index (χ2n) is 5.92. The van der Waals surface area contributed by atoms with Gasteiger partial charge in [0, 0.05) is 12.6 Å². The molecular weight excluding hydrogens is 406 g/mol. The standard InChI is InChI=1S/C21H23N3O5S/c1-28-17-9-7-14(13-18(17)29-2)8-10-19(26)24-21(30)23-16-6-4-3-5-15(16)20(27)22-11-12-25/h3-10,13,25H,11-12H2,1-2H3,(H,22,27)(H2,23,24,26,30)/b10-8+. The monoisotopic (exact) mass is 429 g/mol. The van der Waals surface area contributed by atoms with Crippen LogP contribution in [-0.4, -0.2) is 49.4 Å². The normalized spacial score (nSPS) is 10.4. The van der Waals surface area contributed by atoms with E-state index in [1.165, 1.54) is 13.2 Å². The number of ether oxygens (including phenoxy) is 2. The molecule has 30 heavy (non-hydrogen) atoms. The minimum atomic E-state index is -0.440. The molecule has 0 atom stereocenters. The molecule has 158 valence electrons. The second kappa shape index (κ2) is 11.5. The Labute approximate surface area is 179 Å². The van der Waals surface area contributed by atoms with Crippen molar-refractivity contribution >= 4 is 40.9 Å². The first kappa shape index (κ1) is 22.9. The number of para-hydroxylation sites is 1. The molecule has 0 aliphatic carbocycles. The highest BCUT2D eigenvalue weighted by Crippen LogP contribution is 2.27. The molecule has 0 aromatic heterocycles. The van der Waals surface area contributed by atoms with Gasteiger partial charge in [-0.1, -0.05) is 18.2 Å². The molecule has 0 heterocycles. The molecule has 0 aliphatic rings. The van der Waals surface area contributed by atoms with Gasteiger partial charge in [-0.15, -0.1) is 0 Å². The molecule has 0 spiro atoms. The van der Waals surface area contributed by atoms with Crippen molar-refractivity contribution in [3.8, 4) is 11.5 Å². The van der Waals surface area contributed by atoms with Crippen LogP contribution in [0.1, 0.15) is 15.9 Å². The quantitative estimate of drug-likeness (QED) is 0.375. The number of hydrogen-bond donors (Lipinski definition) is 4. The Morgan fingerprint density at radius 2 is 1.83 bits per heavy atom. The summed E-state index contributed by atoms with van der Waals surface area (Å²) in [4.78, 5) is 24.3. The molecular formula is C21H23N3O5S. The van der Waals surface area contributed by atoms with E-state index < -0.39 is 5.91 Å². The van der Waals surface area contributed by atoms with Crippen molar-refractivity contribution in [1.82, 2.24) is 10.6 Å². The van der Waals surface area contributed by atoms with Crippen molar-refractivity contribution in [3.05, 3.63) is 59.7 Å². The van der Waals surface area contributed by atoms with E-state index in [4.69, 9.17) is 26.8 Å². The van der Waals surface area contributed by atoms with Crippen molar-refractivity contribution in [1.29, 1.82) is 0 Å². The number of carbonyl (C=O) groups excluding carboxylic acids is 2. The van der Waals surface area contributed by atoms with Crippen LogP contribution in [-0.2, 0) is 4.79 Å². The van der Waals surface area contributed by atoms with Gasteiger partial charge in [-0.05, 0) is 48.1 Å². The Morgan fingerprint density at radius 1 is 1.10 bits per heavy atom. The van der Waals surface area contributed by atoms with Gasteiger partial charge in [-0.25, -0.2) is 0 Å². The second-order valence-corrected chi connectivity index (χ2v) is 6.32. The Morgan fingerprint density at radius 3 is 2.53 bits per heavy atom. The average Bonchev–Trinajstić information content (AvgIpc) is 2.76. The lowest BCUT2D eigenvalue weighted by Gasteiger charge is -2.12. The lowest BCUT2D eigenvalue weighted by Crippen LogP contribution is -2.34. The molecule has 0 radical (unpaired) electrons. The molecule has 9 heteroatoms. The maximum atomic E-state index is 12.2. The van der Waals surface area contributed by atoms with Crippen LogP contribution in [0.5, 0.6) is 11.5 Å². The molecule has 0 fully saturated rings. The van der Waals surface area contributed by atoms with E-state index in [-0.39, 0.29) is 24.2 Å². The van der Waals surface area contributed by atoms with E-state index in [2.05, 4.69) is 16.0 Å². The number of anilines is 1. The minimum absolute atomic E-state index is 0.0411. The van der Waals surface area contributed by atoms with Crippen LogP contribution >= 0.6 is 12.2 Å². The number of methoxy groups -OCH3 is 2. The lowest BCUT2D eigenvalue weighted by molar-refractivity contribution is -0.115. The molecule has 2 rings (SSSR count). The van der Waals surface area contributed by atoms with Crippen molar-refractivity contribution in [3.63, 3.8) is 0 Å². The predicted molar refractivity (Wildman–Crippen MR) is 119 cm³/mol. The predicted octanol–water partition coefficient (Wildman–Crippen LogP) is 1.95. The number of benzene rings is 2. The smallest absolute Gasteiger partial charge is 0.253 e. The SMILES string of the molecule is COc1ccc(/C=C/C(=O)NC(=S)Nc2ccccc2C(=O)NCCO)cc1OC. The molecule has 0 saturated heterocycles. The van der Waals surface area contributed by atoms with Crippen LogP contribution < -0.4 is 25.4 Å². The first-order chi connectivity index (χ1) is 14.5. The molecule has 2 aromatic rings. The third-order valence-corrected chi connectivity index (χ3v) is 4.09. The van der Waals surface area contributed by atoms with Gasteiger partial charge < -0.3 is 25.2 Å². The van der Waals surface area contributed by atoms with Gasteiger partial charge in [0.05, 0.1) is 32.1 Å². The fraction of sp³-hybridized carbons (Fsp3) is 0.190. The number of amides is 2. The molecule has 0 unspecified atom stereocenters. The zero-order valence-electron chi connectivity index (χ0n) is 16.6. The fourth-order valence-electron chi connectivity index (χ4n) is 2.49. The maximum absolute atomic E-state index is 12.2. The van der Waals surface area contributed by atoms with E-state index in [0.29, 0.717) is 22.7 Å². The van der Waals surface area contributed by atoms with Gasteiger partial charge >= 0.3 is 0 Å². The van der Waals surface area contributed by atoms with Crippen LogP contribution in [0.3, 0.4) is 0 Å². The third kappa shape index (κ3) is 6.57. The zero-order chi connectivity index (χ0) is 21.9. The van der Waals surface area contributed by atoms with Crippen molar-refractivity contribution in [2.45, 2.75) is 0 Å². The summed E-state index contributed by atoms with van der Waals surface area (Å²) < 4.78 is 10.4. The summed E-state index contributed by atoms with van der Waals surface area (Å²) in [6.45, 7) is -0.0303. The molecule has 4 N–H and O–H groups in total. The highest BCUT2D eigenvalue weighted by Gasteiger charge is 2.12. The zero-order valence-corrected chi connectivity index (χ0v) is 17.4. The van der Waals surface area contributed by atoms with Crippen molar-refractivity contribution in [2.24, 2.45) is 0 Å². The van der Waals surface area contributed by atoms with Crippen LogP contribution in [0.25, 0.3) is 6.08 Å². The fourth-order valence-corrected chi connectivity index (χ4v) is 2.70. The first-order valence-corrected chi connectivity index (χ1v) is 9.39. The minimum Gasteiger partial charge on any atom is -0.493 e. The molecule has 2 amide bonds. The highest BCUT2D eigenvalue weighted by molar-refractivity contribution is 7.80. The van der Waals surface area contributed by atoms with Crippen LogP contribution in [0, 0.1) is 0 Å². The van der Waals surface area contributed by atoms with Gasteiger partial charge in [-0.3, -0.25) is 14.9 Å². The number of rotatable bonds is 8. The maximum Gasteiger partial charge on any atom is 0.253 e. The summed E-state index contributed by atoms with van der Waals surface area (Å²) in [5.41, 5.74) is 1.51. The molecule has 0 aliphatic heterocycles. The first-order valence-electron chi connectivity index (χ1n) is 8.98. The average molecular weight is 429 g/mol. The summed E-state index contributed by atoms with van der Waals surface area (Å²) in [5, 5.41) is 16.8. The molecule has 0 saturated carbocycles. The van der Waals surface area contributed by atoms with E-state index in [1.54, 1.807) is 55.7 Å². The topological polar surface area (TPSA) is 109 Å². The Hall–Kier alpha value is -3.43. The lowest BCUT2D eigenvalue weighted by atomic mass is 10.1. The van der Waals surface area contributed by atoms with Crippen molar-refractivity contribution < 1.29 is 24.2 Å². The Balaban J connectivity index is 1.99. The van der Waals surface area contributed by atoms with Crippen LogP contribution in [0.4, 0.5) is 5.69 Å². The Bertz CT molecular complexity index is 946. The van der Waals surface area contributed by atoms with E-state index in [9.17, 15) is 9.59 Å². The van der Waals surface area contributed by atoms with Crippen LogP contribution in [0.2, 0.25) is 0 Å². The number of aliphatic hydroxyl groups is 1. The highest BCUT2D eigenvalue weighted by atomic mass is 32.1. The summed E-state index contributed by atoms with van der Waals surface area (Å²) in [5.74, 6) is 0.332. The van der Waals surface area contributed by atoms with Crippen molar-refractivity contribution in [2.75, 3.05) is 32.7 Å². The summed E-state index contributed by atoms with van der Waals surface area (Å²) in [7, 11) is 3.08. The number of thiocarbonyl (C=S) groups is 1. The van der Waals surface area contributed by atoms with E-state index in [1.807, 2.05) is 0 Å². The Kier molecular flexibility index (Phi) is 8.79. The molecule has 2 aromatic carbocycles. The van der Waals surface area contributed by atoms with Crippen LogP contribution in [0.15, 0.2) is 48.5 Å². The number of hydrogen-bond acceptors (Lipinski definition) is 6. The van der Waals surface area contributed by atoms with E-state index in [0.717, 1.165) is 5.56 Å². The van der Waals surface area contributed by atoms with Gasteiger partial charge in [0.25, 0.3) is 5.91 Å². The summed E-state index contributed by atoms with van der Waals surface area (Å²) >= 11 is 5.16. The number of carbonyl (C=O) groups is 2. The molecule has 0 bridgehead atoms. The van der Waals surface area contributed by atoms with Gasteiger partial charge in [0.2, 0.25) is 5.91 Å².